The lowest BCUT2D eigenvalue weighted by Crippen LogP contribution is -2.11. The van der Waals surface area contributed by atoms with E-state index in [9.17, 15) is 4.79 Å². The Morgan fingerprint density at radius 2 is 2.12 bits per heavy atom. The lowest BCUT2D eigenvalue weighted by molar-refractivity contribution is 0.0600. The molecule has 0 aliphatic rings. The van der Waals surface area contributed by atoms with E-state index in [1.807, 2.05) is 13.0 Å². The normalized spacial score (nSPS) is 10.1. The van der Waals surface area contributed by atoms with Gasteiger partial charge in [0.05, 0.1) is 30.7 Å². The smallest absolute Gasteiger partial charge is 0.338 e. The van der Waals surface area contributed by atoms with Gasteiger partial charge in [0.25, 0.3) is 0 Å². The number of ether oxygens (including phenoxy) is 2. The number of hydrogen-bond acceptors (Lipinski definition) is 5. The number of rotatable bonds is 5. The van der Waals surface area contributed by atoms with Gasteiger partial charge < -0.3 is 20.5 Å². The van der Waals surface area contributed by atoms with Crippen LogP contribution < -0.4 is 11.1 Å². The highest BCUT2D eigenvalue weighted by molar-refractivity contribution is 5.93. The Bertz CT molecular complexity index is 405. The van der Waals surface area contributed by atoms with E-state index in [0.717, 1.165) is 11.3 Å². The van der Waals surface area contributed by atoms with Crippen LogP contribution in [0.5, 0.6) is 0 Å². The number of benzene rings is 1. The molecule has 0 atom stereocenters. The summed E-state index contributed by atoms with van der Waals surface area (Å²) in [5.41, 5.74) is 8.49. The number of anilines is 2. The van der Waals surface area contributed by atoms with Gasteiger partial charge in [0.2, 0.25) is 0 Å². The average Bonchev–Trinajstić information content (AvgIpc) is 2.32. The minimum absolute atomic E-state index is 0.377. The molecule has 94 valence electrons. The van der Waals surface area contributed by atoms with Crippen LogP contribution in [0.25, 0.3) is 0 Å². The number of hydrogen-bond donors (Lipinski definition) is 2. The summed E-state index contributed by atoms with van der Waals surface area (Å²) in [5, 5.41) is 3.14. The number of aryl methyl sites for hydroxylation is 1. The van der Waals surface area contributed by atoms with Crippen LogP contribution in [0.15, 0.2) is 12.1 Å². The molecule has 1 aromatic carbocycles. The molecule has 0 aliphatic heterocycles. The van der Waals surface area contributed by atoms with Gasteiger partial charge in [-0.2, -0.15) is 0 Å². The molecule has 0 fully saturated rings. The van der Waals surface area contributed by atoms with E-state index in [1.54, 1.807) is 13.2 Å². The third kappa shape index (κ3) is 3.35. The second-order valence-corrected chi connectivity index (χ2v) is 3.67. The maximum Gasteiger partial charge on any atom is 0.338 e. The van der Waals surface area contributed by atoms with Crippen LogP contribution in [0.1, 0.15) is 15.9 Å². The standard InChI is InChI=1S/C12H18N2O3/c1-8-6-11(14-4-5-16-2)10(13)7-9(8)12(15)17-3/h6-7,14H,4-5,13H2,1-3H3. The van der Waals surface area contributed by atoms with Gasteiger partial charge in [-0.15, -0.1) is 0 Å². The zero-order valence-electron chi connectivity index (χ0n) is 10.4. The van der Waals surface area contributed by atoms with Crippen molar-refractivity contribution < 1.29 is 14.3 Å². The molecular weight excluding hydrogens is 220 g/mol. The van der Waals surface area contributed by atoms with Crippen molar-refractivity contribution in [2.45, 2.75) is 6.92 Å². The van der Waals surface area contributed by atoms with Crippen LogP contribution >= 0.6 is 0 Å². The SMILES string of the molecule is COCCNc1cc(C)c(C(=O)OC)cc1N. The maximum absolute atomic E-state index is 11.4. The average molecular weight is 238 g/mol. The molecule has 5 nitrogen and oxygen atoms in total. The van der Waals surface area contributed by atoms with E-state index >= 15 is 0 Å². The van der Waals surface area contributed by atoms with E-state index in [0.29, 0.717) is 24.4 Å². The van der Waals surface area contributed by atoms with E-state index in [1.165, 1.54) is 7.11 Å². The molecule has 1 aromatic rings. The number of carbonyl (C=O) groups is 1. The van der Waals surface area contributed by atoms with Gasteiger partial charge >= 0.3 is 5.97 Å². The van der Waals surface area contributed by atoms with Gasteiger partial charge in [0, 0.05) is 13.7 Å². The van der Waals surface area contributed by atoms with Crippen LogP contribution in [0.3, 0.4) is 0 Å². The second-order valence-electron chi connectivity index (χ2n) is 3.67. The van der Waals surface area contributed by atoms with Crippen molar-refractivity contribution >= 4 is 17.3 Å². The molecular formula is C12H18N2O3. The number of nitrogen functional groups attached to an aromatic ring is 1. The van der Waals surface area contributed by atoms with Crippen LogP contribution in [0.4, 0.5) is 11.4 Å². The van der Waals surface area contributed by atoms with E-state index in [-0.39, 0.29) is 5.97 Å². The van der Waals surface area contributed by atoms with Gasteiger partial charge in [0.15, 0.2) is 0 Å². The zero-order chi connectivity index (χ0) is 12.8. The molecule has 0 heterocycles. The van der Waals surface area contributed by atoms with Crippen molar-refractivity contribution in [1.29, 1.82) is 0 Å². The Balaban J connectivity index is 2.89. The fourth-order valence-electron chi connectivity index (χ4n) is 1.50. The molecule has 0 saturated carbocycles. The molecule has 17 heavy (non-hydrogen) atoms. The van der Waals surface area contributed by atoms with Crippen LogP contribution in [0, 0.1) is 6.92 Å². The van der Waals surface area contributed by atoms with Crippen molar-refractivity contribution in [2.75, 3.05) is 38.4 Å². The van der Waals surface area contributed by atoms with Crippen molar-refractivity contribution in [3.63, 3.8) is 0 Å². The molecule has 1 rings (SSSR count). The molecule has 0 aliphatic carbocycles. The Kier molecular flexibility index (Phi) is 4.78. The first-order valence-electron chi connectivity index (χ1n) is 5.31. The zero-order valence-corrected chi connectivity index (χ0v) is 10.4. The molecule has 0 spiro atoms. The first kappa shape index (κ1) is 13.3. The fraction of sp³-hybridized carbons (Fsp3) is 0.417. The van der Waals surface area contributed by atoms with Crippen molar-refractivity contribution in [3.8, 4) is 0 Å². The lowest BCUT2D eigenvalue weighted by atomic mass is 10.1. The quantitative estimate of drug-likeness (QED) is 0.461. The highest BCUT2D eigenvalue weighted by atomic mass is 16.5. The maximum atomic E-state index is 11.4. The van der Waals surface area contributed by atoms with Gasteiger partial charge in [-0.3, -0.25) is 0 Å². The molecule has 0 aromatic heterocycles. The number of nitrogens with one attached hydrogen (secondary N) is 1. The first-order valence-corrected chi connectivity index (χ1v) is 5.31. The molecule has 3 N–H and O–H groups in total. The predicted molar refractivity (Wildman–Crippen MR) is 67.3 cm³/mol. The Labute approximate surface area is 101 Å². The second kappa shape index (κ2) is 6.10. The molecule has 5 heteroatoms. The highest BCUT2D eigenvalue weighted by Crippen LogP contribution is 2.23. The predicted octanol–water partition coefficient (Wildman–Crippen LogP) is 1.42. The monoisotopic (exact) mass is 238 g/mol. The molecule has 0 amide bonds. The Hall–Kier alpha value is -1.75. The Morgan fingerprint density at radius 3 is 2.71 bits per heavy atom. The number of esters is 1. The summed E-state index contributed by atoms with van der Waals surface area (Å²) in [5.74, 6) is -0.377. The summed E-state index contributed by atoms with van der Waals surface area (Å²) >= 11 is 0. The third-order valence-electron chi connectivity index (χ3n) is 2.42. The Morgan fingerprint density at radius 1 is 1.41 bits per heavy atom. The van der Waals surface area contributed by atoms with Crippen molar-refractivity contribution in [3.05, 3.63) is 23.3 Å². The number of nitrogens with two attached hydrogens (primary N) is 1. The van der Waals surface area contributed by atoms with Gasteiger partial charge in [-0.25, -0.2) is 4.79 Å². The summed E-state index contributed by atoms with van der Waals surface area (Å²) in [7, 11) is 2.99. The molecule has 0 bridgehead atoms. The summed E-state index contributed by atoms with van der Waals surface area (Å²) < 4.78 is 9.61. The lowest BCUT2D eigenvalue weighted by Gasteiger charge is -2.12. The minimum Gasteiger partial charge on any atom is -0.465 e. The van der Waals surface area contributed by atoms with Crippen LogP contribution in [-0.4, -0.2) is 33.3 Å². The number of methoxy groups -OCH3 is 2. The highest BCUT2D eigenvalue weighted by Gasteiger charge is 2.12. The van der Waals surface area contributed by atoms with Gasteiger partial charge in [-0.05, 0) is 24.6 Å². The van der Waals surface area contributed by atoms with E-state index in [4.69, 9.17) is 10.5 Å². The molecule has 0 unspecified atom stereocenters. The minimum atomic E-state index is -0.377. The summed E-state index contributed by atoms with van der Waals surface area (Å²) in [6.45, 7) is 3.10. The number of carbonyl (C=O) groups excluding carboxylic acids is 1. The van der Waals surface area contributed by atoms with Gasteiger partial charge in [0.1, 0.15) is 0 Å². The van der Waals surface area contributed by atoms with E-state index < -0.39 is 0 Å². The topological polar surface area (TPSA) is 73.6 Å². The fourth-order valence-corrected chi connectivity index (χ4v) is 1.50. The van der Waals surface area contributed by atoms with Crippen molar-refractivity contribution in [2.24, 2.45) is 0 Å². The van der Waals surface area contributed by atoms with Crippen molar-refractivity contribution in [1.82, 2.24) is 0 Å². The van der Waals surface area contributed by atoms with Crippen LogP contribution in [0.2, 0.25) is 0 Å². The van der Waals surface area contributed by atoms with E-state index in [2.05, 4.69) is 10.1 Å². The largest absolute Gasteiger partial charge is 0.465 e. The van der Waals surface area contributed by atoms with Crippen LogP contribution in [-0.2, 0) is 9.47 Å². The molecule has 0 radical (unpaired) electrons. The summed E-state index contributed by atoms with van der Waals surface area (Å²) in [4.78, 5) is 11.4. The summed E-state index contributed by atoms with van der Waals surface area (Å²) in [6, 6.07) is 3.45. The third-order valence-corrected chi connectivity index (χ3v) is 2.42. The molecule has 0 saturated heterocycles. The van der Waals surface area contributed by atoms with Gasteiger partial charge in [-0.1, -0.05) is 0 Å². The first-order chi connectivity index (χ1) is 8.10. The summed E-state index contributed by atoms with van der Waals surface area (Å²) in [6.07, 6.45) is 0.